The third-order valence-electron chi connectivity index (χ3n) is 4.76. The van der Waals surface area contributed by atoms with Gasteiger partial charge in [0.2, 0.25) is 5.91 Å². The van der Waals surface area contributed by atoms with Gasteiger partial charge in [0.05, 0.1) is 25.4 Å². The summed E-state index contributed by atoms with van der Waals surface area (Å²) in [5.74, 6) is 0.228. The monoisotopic (exact) mass is 510 g/mol. The summed E-state index contributed by atoms with van der Waals surface area (Å²) in [6.45, 7) is 7.76. The van der Waals surface area contributed by atoms with Crippen LogP contribution in [0.4, 0.5) is 5.69 Å². The molecule has 1 aromatic rings. The maximum atomic E-state index is 12.5. The molecule has 6 nitrogen and oxygen atoms in total. The number of carbonyl (C=O) groups is 1. The van der Waals surface area contributed by atoms with Crippen LogP contribution in [-0.2, 0) is 16.1 Å². The van der Waals surface area contributed by atoms with E-state index in [1.54, 1.807) is 0 Å². The van der Waals surface area contributed by atoms with Crippen molar-refractivity contribution in [3.05, 3.63) is 26.6 Å². The largest absolute Gasteiger partial charge is 0.398 e. The molecule has 26 heavy (non-hydrogen) atoms. The van der Waals surface area contributed by atoms with Crippen LogP contribution in [0.3, 0.4) is 0 Å². The molecule has 0 aliphatic carbocycles. The van der Waals surface area contributed by atoms with Gasteiger partial charge in [-0.2, -0.15) is 0 Å². The van der Waals surface area contributed by atoms with Crippen LogP contribution in [-0.4, -0.2) is 79.6 Å². The van der Waals surface area contributed by atoms with Crippen LogP contribution in [0, 0.1) is 0 Å². The maximum absolute atomic E-state index is 12.5. The van der Waals surface area contributed by atoms with Crippen LogP contribution in [0.2, 0.25) is 0 Å². The Kier molecular flexibility index (Phi) is 8.63. The Morgan fingerprint density at radius 2 is 1.69 bits per heavy atom. The van der Waals surface area contributed by atoms with Gasteiger partial charge in [0.25, 0.3) is 0 Å². The number of piperazine rings is 1. The van der Waals surface area contributed by atoms with Crippen LogP contribution in [0.5, 0.6) is 0 Å². The van der Waals surface area contributed by atoms with E-state index in [2.05, 4.69) is 47.7 Å². The molecule has 2 fully saturated rings. The van der Waals surface area contributed by atoms with E-state index in [0.717, 1.165) is 79.2 Å². The Hall–Kier alpha value is -0.380. The first-order valence-corrected chi connectivity index (χ1v) is 10.1. The molecule has 146 valence electrons. The van der Waals surface area contributed by atoms with Crippen molar-refractivity contribution in [2.24, 2.45) is 0 Å². The Morgan fingerprint density at radius 1 is 1.04 bits per heavy atom. The molecular weight excluding hydrogens is 487 g/mol. The fourth-order valence-electron chi connectivity index (χ4n) is 3.22. The molecular formula is C17H25Br2ClN4O2. The van der Waals surface area contributed by atoms with E-state index in [1.165, 1.54) is 0 Å². The quantitative estimate of drug-likeness (QED) is 0.627. The van der Waals surface area contributed by atoms with Crippen LogP contribution >= 0.6 is 44.3 Å². The van der Waals surface area contributed by atoms with Crippen LogP contribution < -0.4 is 5.73 Å². The predicted molar refractivity (Wildman–Crippen MR) is 113 cm³/mol. The molecule has 0 bridgehead atoms. The van der Waals surface area contributed by atoms with Gasteiger partial charge in [0, 0.05) is 54.8 Å². The van der Waals surface area contributed by atoms with Gasteiger partial charge >= 0.3 is 0 Å². The van der Waals surface area contributed by atoms with Gasteiger partial charge < -0.3 is 15.4 Å². The molecule has 1 amide bonds. The second kappa shape index (κ2) is 10.2. The third-order valence-corrected chi connectivity index (χ3v) is 5.88. The lowest BCUT2D eigenvalue weighted by Gasteiger charge is -2.36. The lowest BCUT2D eigenvalue weighted by molar-refractivity contribution is -0.135. The van der Waals surface area contributed by atoms with Crippen LogP contribution in [0.15, 0.2) is 21.1 Å². The number of amides is 1. The zero-order valence-corrected chi connectivity index (χ0v) is 18.6. The fourth-order valence-corrected chi connectivity index (χ4v) is 4.53. The first-order valence-electron chi connectivity index (χ1n) is 8.56. The number of hydrogen-bond donors (Lipinski definition) is 1. The first-order chi connectivity index (χ1) is 12.0. The summed E-state index contributed by atoms with van der Waals surface area (Å²) in [4.78, 5) is 19.0. The summed E-state index contributed by atoms with van der Waals surface area (Å²) in [6.07, 6.45) is 0. The summed E-state index contributed by atoms with van der Waals surface area (Å²) >= 11 is 7.01. The molecule has 0 spiro atoms. The third kappa shape index (κ3) is 5.81. The number of morpholine rings is 1. The lowest BCUT2D eigenvalue weighted by atomic mass is 10.1. The molecule has 1 aromatic carbocycles. The van der Waals surface area contributed by atoms with Crippen molar-refractivity contribution in [3.63, 3.8) is 0 Å². The molecule has 3 rings (SSSR count). The minimum absolute atomic E-state index is 0. The van der Waals surface area contributed by atoms with E-state index in [1.807, 2.05) is 11.0 Å². The first kappa shape index (κ1) is 21.9. The Bertz CT molecular complexity index is 621. The number of benzene rings is 1. The Balaban J connectivity index is 0.00000243. The highest BCUT2D eigenvalue weighted by atomic mass is 79.9. The van der Waals surface area contributed by atoms with Crippen molar-refractivity contribution < 1.29 is 9.53 Å². The van der Waals surface area contributed by atoms with E-state index >= 15 is 0 Å². The van der Waals surface area contributed by atoms with Crippen molar-refractivity contribution in [1.82, 2.24) is 14.7 Å². The van der Waals surface area contributed by atoms with Gasteiger partial charge in [-0.05, 0) is 33.6 Å². The molecule has 0 atom stereocenters. The van der Waals surface area contributed by atoms with E-state index in [4.69, 9.17) is 10.5 Å². The molecule has 0 radical (unpaired) electrons. The molecule has 0 unspecified atom stereocenters. The van der Waals surface area contributed by atoms with Crippen LogP contribution in [0.25, 0.3) is 0 Å². The van der Waals surface area contributed by atoms with Gasteiger partial charge in [0.1, 0.15) is 0 Å². The number of nitrogen functional groups attached to an aromatic ring is 1. The molecule has 0 aromatic heterocycles. The number of carbonyl (C=O) groups excluding carboxylic acids is 1. The number of anilines is 1. The lowest BCUT2D eigenvalue weighted by Crippen LogP contribution is -2.52. The average molecular weight is 513 g/mol. The smallest absolute Gasteiger partial charge is 0.236 e. The summed E-state index contributed by atoms with van der Waals surface area (Å²) in [5, 5.41) is 0. The molecule has 2 heterocycles. The molecule has 2 aliphatic rings. The highest BCUT2D eigenvalue weighted by molar-refractivity contribution is 9.11. The minimum Gasteiger partial charge on any atom is -0.398 e. The number of halogens is 3. The zero-order chi connectivity index (χ0) is 17.8. The molecule has 2 N–H and O–H groups in total. The van der Waals surface area contributed by atoms with E-state index in [9.17, 15) is 4.79 Å². The van der Waals surface area contributed by atoms with Crippen LogP contribution in [0.1, 0.15) is 5.56 Å². The van der Waals surface area contributed by atoms with Crippen molar-refractivity contribution in [1.29, 1.82) is 0 Å². The number of nitrogens with two attached hydrogens (primary N) is 1. The van der Waals surface area contributed by atoms with E-state index in [-0.39, 0.29) is 18.3 Å². The van der Waals surface area contributed by atoms with Gasteiger partial charge in [-0.3, -0.25) is 14.6 Å². The van der Waals surface area contributed by atoms with Gasteiger partial charge in [0.15, 0.2) is 0 Å². The summed E-state index contributed by atoms with van der Waals surface area (Å²) in [7, 11) is 0. The summed E-state index contributed by atoms with van der Waals surface area (Å²) in [5.41, 5.74) is 8.07. The van der Waals surface area contributed by atoms with Crippen molar-refractivity contribution >= 4 is 55.9 Å². The standard InChI is InChI=1S/C17H24Br2N4O2.ClH/c18-14-9-13(17(20)15(19)10-14)11-21-1-3-23(4-2-21)16(24)12-22-5-7-25-8-6-22;/h9-10H,1-8,11-12,20H2;1H. The maximum Gasteiger partial charge on any atom is 0.236 e. The van der Waals surface area contributed by atoms with Gasteiger partial charge in [-0.15, -0.1) is 12.4 Å². The minimum atomic E-state index is 0. The predicted octanol–water partition coefficient (Wildman–Crippen LogP) is 2.19. The summed E-state index contributed by atoms with van der Waals surface area (Å²) in [6, 6.07) is 4.02. The highest BCUT2D eigenvalue weighted by Crippen LogP contribution is 2.29. The van der Waals surface area contributed by atoms with Gasteiger partial charge in [-0.1, -0.05) is 15.9 Å². The van der Waals surface area contributed by atoms with E-state index in [0.29, 0.717) is 6.54 Å². The van der Waals surface area contributed by atoms with Crippen molar-refractivity contribution in [3.8, 4) is 0 Å². The number of nitrogens with zero attached hydrogens (tertiary/aromatic N) is 3. The average Bonchev–Trinajstić information content (AvgIpc) is 2.60. The SMILES string of the molecule is Cl.Nc1c(Br)cc(Br)cc1CN1CCN(C(=O)CN2CCOCC2)CC1. The Labute approximate surface area is 177 Å². The van der Waals surface area contributed by atoms with Crippen molar-refractivity contribution in [2.75, 3.05) is 64.8 Å². The second-order valence-corrected chi connectivity index (χ2v) is 8.28. The molecule has 2 saturated heterocycles. The van der Waals surface area contributed by atoms with Crippen molar-refractivity contribution in [2.45, 2.75) is 6.54 Å². The number of ether oxygens (including phenoxy) is 1. The fraction of sp³-hybridized carbons (Fsp3) is 0.588. The molecule has 2 aliphatic heterocycles. The second-order valence-electron chi connectivity index (χ2n) is 6.51. The number of hydrogen-bond acceptors (Lipinski definition) is 5. The zero-order valence-electron chi connectivity index (χ0n) is 14.6. The number of rotatable bonds is 4. The molecule has 9 heteroatoms. The van der Waals surface area contributed by atoms with E-state index < -0.39 is 0 Å². The normalized spacial score (nSPS) is 19.2. The summed E-state index contributed by atoms with van der Waals surface area (Å²) < 4.78 is 7.26. The molecule has 0 saturated carbocycles. The Morgan fingerprint density at radius 3 is 2.35 bits per heavy atom. The highest BCUT2D eigenvalue weighted by Gasteiger charge is 2.24. The van der Waals surface area contributed by atoms with Gasteiger partial charge in [-0.25, -0.2) is 0 Å². The topological polar surface area (TPSA) is 62.0 Å².